The van der Waals surface area contributed by atoms with Crippen LogP contribution >= 0.6 is 12.2 Å². The summed E-state index contributed by atoms with van der Waals surface area (Å²) in [7, 11) is 0. The molecule has 2 atom stereocenters. The van der Waals surface area contributed by atoms with Crippen LogP contribution in [0.3, 0.4) is 0 Å². The SMILES string of the molecule is CC(C(=O)N1CCCC(C)(O)C1)C(N)=S. The fourth-order valence-corrected chi connectivity index (χ4v) is 1.90. The molecule has 2 unspecified atom stereocenters. The Kier molecular flexibility index (Phi) is 3.67. The van der Waals surface area contributed by atoms with Crippen LogP contribution in [-0.2, 0) is 4.79 Å². The molecule has 0 radical (unpaired) electrons. The number of rotatable bonds is 2. The van der Waals surface area contributed by atoms with E-state index in [1.54, 1.807) is 18.7 Å². The minimum atomic E-state index is -0.774. The number of carbonyl (C=O) groups excluding carboxylic acids is 1. The molecule has 0 bridgehead atoms. The van der Waals surface area contributed by atoms with Crippen LogP contribution in [-0.4, -0.2) is 39.6 Å². The molecular weight excluding hydrogens is 212 g/mol. The van der Waals surface area contributed by atoms with Crippen LogP contribution in [0.1, 0.15) is 26.7 Å². The van der Waals surface area contributed by atoms with Gasteiger partial charge in [0.05, 0.1) is 16.5 Å². The predicted molar refractivity (Wildman–Crippen MR) is 62.4 cm³/mol. The summed E-state index contributed by atoms with van der Waals surface area (Å²) < 4.78 is 0. The van der Waals surface area contributed by atoms with Gasteiger partial charge in [0.15, 0.2) is 0 Å². The topological polar surface area (TPSA) is 66.6 Å². The average molecular weight is 230 g/mol. The molecule has 4 nitrogen and oxygen atoms in total. The Bertz CT molecular complexity index is 279. The molecule has 1 amide bonds. The number of nitrogens with zero attached hydrogens (tertiary/aromatic N) is 1. The monoisotopic (exact) mass is 230 g/mol. The summed E-state index contributed by atoms with van der Waals surface area (Å²) >= 11 is 4.79. The number of carbonyl (C=O) groups is 1. The van der Waals surface area contributed by atoms with E-state index in [1.807, 2.05) is 0 Å². The molecule has 1 aliphatic heterocycles. The molecule has 0 aliphatic carbocycles. The maximum atomic E-state index is 11.9. The third-order valence-electron chi connectivity index (χ3n) is 2.78. The Balaban J connectivity index is 2.64. The van der Waals surface area contributed by atoms with Crippen molar-refractivity contribution in [2.75, 3.05) is 13.1 Å². The van der Waals surface area contributed by atoms with Crippen molar-refractivity contribution < 1.29 is 9.90 Å². The third kappa shape index (κ3) is 3.14. The van der Waals surface area contributed by atoms with Gasteiger partial charge >= 0.3 is 0 Å². The van der Waals surface area contributed by atoms with Crippen molar-refractivity contribution in [1.29, 1.82) is 0 Å². The molecule has 0 aromatic heterocycles. The summed E-state index contributed by atoms with van der Waals surface area (Å²) in [4.78, 5) is 13.7. The highest BCUT2D eigenvalue weighted by molar-refractivity contribution is 7.80. The van der Waals surface area contributed by atoms with Gasteiger partial charge in [0.1, 0.15) is 0 Å². The Morgan fingerprint density at radius 1 is 1.67 bits per heavy atom. The van der Waals surface area contributed by atoms with Crippen LogP contribution in [0, 0.1) is 5.92 Å². The molecule has 15 heavy (non-hydrogen) atoms. The first kappa shape index (κ1) is 12.4. The molecule has 0 spiro atoms. The van der Waals surface area contributed by atoms with Crippen molar-refractivity contribution in [3.8, 4) is 0 Å². The number of nitrogens with two attached hydrogens (primary N) is 1. The number of amides is 1. The van der Waals surface area contributed by atoms with Gasteiger partial charge in [-0.05, 0) is 26.7 Å². The zero-order valence-corrected chi connectivity index (χ0v) is 10.0. The third-order valence-corrected chi connectivity index (χ3v) is 3.14. The van der Waals surface area contributed by atoms with Gasteiger partial charge in [-0.3, -0.25) is 4.79 Å². The lowest BCUT2D eigenvalue weighted by molar-refractivity contribution is -0.139. The smallest absolute Gasteiger partial charge is 0.232 e. The predicted octanol–water partition coefficient (Wildman–Crippen LogP) is 0.282. The first-order chi connectivity index (χ1) is 6.83. The summed E-state index contributed by atoms with van der Waals surface area (Å²) in [5.41, 5.74) is 4.66. The minimum Gasteiger partial charge on any atom is -0.393 e. The number of aliphatic hydroxyl groups is 1. The van der Waals surface area contributed by atoms with Crippen molar-refractivity contribution in [2.24, 2.45) is 11.7 Å². The summed E-state index contributed by atoms with van der Waals surface area (Å²) in [5, 5.41) is 9.86. The molecule has 1 rings (SSSR count). The van der Waals surface area contributed by atoms with E-state index in [2.05, 4.69) is 0 Å². The van der Waals surface area contributed by atoms with Crippen molar-refractivity contribution in [1.82, 2.24) is 4.90 Å². The van der Waals surface area contributed by atoms with Gasteiger partial charge in [-0.1, -0.05) is 12.2 Å². The van der Waals surface area contributed by atoms with E-state index < -0.39 is 11.5 Å². The molecule has 1 aliphatic rings. The van der Waals surface area contributed by atoms with E-state index in [4.69, 9.17) is 18.0 Å². The fourth-order valence-electron chi connectivity index (χ4n) is 1.80. The highest BCUT2D eigenvalue weighted by Gasteiger charge is 2.33. The van der Waals surface area contributed by atoms with Crippen LogP contribution in [0.5, 0.6) is 0 Å². The van der Waals surface area contributed by atoms with E-state index in [-0.39, 0.29) is 10.9 Å². The van der Waals surface area contributed by atoms with Gasteiger partial charge in [0, 0.05) is 13.1 Å². The van der Waals surface area contributed by atoms with Gasteiger partial charge in [-0.25, -0.2) is 0 Å². The Morgan fingerprint density at radius 2 is 2.27 bits per heavy atom. The summed E-state index contributed by atoms with van der Waals surface area (Å²) in [6.07, 6.45) is 1.56. The van der Waals surface area contributed by atoms with E-state index >= 15 is 0 Å². The largest absolute Gasteiger partial charge is 0.393 e. The van der Waals surface area contributed by atoms with Crippen LogP contribution in [0.2, 0.25) is 0 Å². The molecule has 1 fully saturated rings. The summed E-state index contributed by atoms with van der Waals surface area (Å²) in [5.74, 6) is -0.517. The molecule has 0 saturated carbocycles. The number of thiocarbonyl (C=S) groups is 1. The molecule has 3 N–H and O–H groups in total. The highest BCUT2D eigenvalue weighted by atomic mass is 32.1. The highest BCUT2D eigenvalue weighted by Crippen LogP contribution is 2.21. The van der Waals surface area contributed by atoms with Crippen molar-refractivity contribution in [3.05, 3.63) is 0 Å². The molecular formula is C10H18N2O2S. The molecule has 1 saturated heterocycles. The van der Waals surface area contributed by atoms with Crippen LogP contribution in [0.15, 0.2) is 0 Å². The summed E-state index contributed by atoms with van der Waals surface area (Å²) in [6, 6.07) is 0. The standard InChI is InChI=1S/C10H18N2O2S/c1-7(8(11)15)9(13)12-5-3-4-10(2,14)6-12/h7,14H,3-6H2,1-2H3,(H2,11,15). The number of piperidine rings is 1. The van der Waals surface area contributed by atoms with Gasteiger partial charge < -0.3 is 15.7 Å². The fraction of sp³-hybridized carbons (Fsp3) is 0.800. The lowest BCUT2D eigenvalue weighted by atomic mass is 9.94. The maximum Gasteiger partial charge on any atom is 0.232 e. The molecule has 0 aromatic rings. The Labute approximate surface area is 95.4 Å². The second-order valence-electron chi connectivity index (χ2n) is 4.48. The molecule has 86 valence electrons. The summed E-state index contributed by atoms with van der Waals surface area (Å²) in [6.45, 7) is 4.51. The number of hydrogen-bond acceptors (Lipinski definition) is 3. The van der Waals surface area contributed by atoms with Gasteiger partial charge in [0.25, 0.3) is 0 Å². The second-order valence-corrected chi connectivity index (χ2v) is 4.96. The maximum absolute atomic E-state index is 11.9. The van der Waals surface area contributed by atoms with Crippen molar-refractivity contribution in [2.45, 2.75) is 32.3 Å². The molecule has 5 heteroatoms. The zero-order chi connectivity index (χ0) is 11.6. The second kappa shape index (κ2) is 4.45. The normalized spacial score (nSPS) is 28.6. The van der Waals surface area contributed by atoms with E-state index in [0.717, 1.165) is 12.8 Å². The number of hydrogen-bond donors (Lipinski definition) is 2. The molecule has 0 aromatic carbocycles. The average Bonchev–Trinajstić information content (AvgIpc) is 2.13. The quantitative estimate of drug-likeness (QED) is 0.669. The number of β-amino-alcohol motifs (C(OH)–C–C–N with tert-alkyl or cyclic N) is 1. The first-order valence-corrected chi connectivity index (χ1v) is 5.55. The van der Waals surface area contributed by atoms with Gasteiger partial charge in [0.2, 0.25) is 5.91 Å². The van der Waals surface area contributed by atoms with Gasteiger partial charge in [-0.2, -0.15) is 0 Å². The Hall–Kier alpha value is -0.680. The van der Waals surface area contributed by atoms with E-state index in [1.165, 1.54) is 0 Å². The van der Waals surface area contributed by atoms with Crippen LogP contribution in [0.25, 0.3) is 0 Å². The van der Waals surface area contributed by atoms with E-state index in [9.17, 15) is 9.90 Å². The van der Waals surface area contributed by atoms with Crippen molar-refractivity contribution in [3.63, 3.8) is 0 Å². The first-order valence-electron chi connectivity index (χ1n) is 5.14. The lowest BCUT2D eigenvalue weighted by Gasteiger charge is -2.37. The minimum absolute atomic E-state index is 0.0810. The Morgan fingerprint density at radius 3 is 2.73 bits per heavy atom. The van der Waals surface area contributed by atoms with Crippen LogP contribution in [0.4, 0.5) is 0 Å². The van der Waals surface area contributed by atoms with E-state index in [0.29, 0.717) is 13.1 Å². The van der Waals surface area contributed by atoms with Crippen LogP contribution < -0.4 is 5.73 Å². The zero-order valence-electron chi connectivity index (χ0n) is 9.19. The van der Waals surface area contributed by atoms with Crippen molar-refractivity contribution >= 4 is 23.1 Å². The number of likely N-dealkylation sites (tertiary alicyclic amines) is 1. The van der Waals surface area contributed by atoms with Gasteiger partial charge in [-0.15, -0.1) is 0 Å². The lowest BCUT2D eigenvalue weighted by Crippen LogP contribution is -2.51. The molecule has 1 heterocycles.